The van der Waals surface area contributed by atoms with Gasteiger partial charge < -0.3 is 15.2 Å². The maximum absolute atomic E-state index is 10.5. The Morgan fingerprint density at radius 3 is 3.06 bits per heavy atom. The summed E-state index contributed by atoms with van der Waals surface area (Å²) in [6, 6.07) is 4.48. The van der Waals surface area contributed by atoms with Crippen LogP contribution in [0.2, 0.25) is 0 Å². The topological polar surface area (TPSA) is 41.5 Å². The van der Waals surface area contributed by atoms with Crippen molar-refractivity contribution in [2.45, 2.75) is 44.8 Å². The minimum atomic E-state index is -0.394. The summed E-state index contributed by atoms with van der Waals surface area (Å²) in [5.74, 6) is 0.976. The zero-order valence-corrected chi connectivity index (χ0v) is 10.9. The average molecular weight is 247 g/mol. The summed E-state index contributed by atoms with van der Waals surface area (Å²) in [5, 5.41) is 13.9. The first-order valence-corrected chi connectivity index (χ1v) is 6.99. The normalized spacial score (nSPS) is 25.4. The lowest BCUT2D eigenvalue weighted by Crippen LogP contribution is -2.38. The predicted molar refractivity (Wildman–Crippen MR) is 71.0 cm³/mol. The van der Waals surface area contributed by atoms with E-state index in [1.807, 2.05) is 0 Å². The van der Waals surface area contributed by atoms with Crippen LogP contribution in [-0.4, -0.2) is 24.3 Å². The summed E-state index contributed by atoms with van der Waals surface area (Å²) in [6.45, 7) is 3.90. The summed E-state index contributed by atoms with van der Waals surface area (Å²) in [5.41, 5.74) is 3.68. The van der Waals surface area contributed by atoms with Crippen LogP contribution >= 0.6 is 0 Å². The van der Waals surface area contributed by atoms with E-state index in [1.54, 1.807) is 0 Å². The van der Waals surface area contributed by atoms with Crippen molar-refractivity contribution in [3.05, 3.63) is 28.8 Å². The van der Waals surface area contributed by atoms with E-state index in [-0.39, 0.29) is 6.04 Å². The first-order valence-electron chi connectivity index (χ1n) is 6.99. The number of hydrogen-bond donors (Lipinski definition) is 2. The fourth-order valence-corrected chi connectivity index (χ4v) is 3.01. The third-order valence-corrected chi connectivity index (χ3v) is 4.03. The number of nitrogens with one attached hydrogen (secondary N) is 1. The minimum absolute atomic E-state index is 0.192. The van der Waals surface area contributed by atoms with Crippen molar-refractivity contribution in [3.8, 4) is 5.75 Å². The first-order chi connectivity index (χ1) is 8.79. The Morgan fingerprint density at radius 1 is 1.33 bits per heavy atom. The number of aliphatic hydroxyl groups excluding tert-OH is 1. The smallest absolute Gasteiger partial charge is 0.123 e. The zero-order valence-electron chi connectivity index (χ0n) is 10.9. The molecule has 0 unspecified atom stereocenters. The second-order valence-electron chi connectivity index (χ2n) is 5.30. The van der Waals surface area contributed by atoms with Gasteiger partial charge in [-0.3, -0.25) is 0 Å². The molecule has 1 aromatic carbocycles. The van der Waals surface area contributed by atoms with Crippen molar-refractivity contribution in [2.75, 3.05) is 13.2 Å². The number of fused-ring (bicyclic) bond motifs is 2. The van der Waals surface area contributed by atoms with Gasteiger partial charge in [-0.25, -0.2) is 0 Å². The van der Waals surface area contributed by atoms with Gasteiger partial charge in [0.25, 0.3) is 0 Å². The van der Waals surface area contributed by atoms with Gasteiger partial charge in [-0.05, 0) is 48.6 Å². The lowest BCUT2D eigenvalue weighted by molar-refractivity contribution is 0.115. The van der Waals surface area contributed by atoms with Gasteiger partial charge in [0.1, 0.15) is 5.75 Å². The summed E-state index contributed by atoms with van der Waals surface area (Å²) in [7, 11) is 0. The fourth-order valence-electron chi connectivity index (χ4n) is 3.01. The second kappa shape index (κ2) is 4.90. The Balaban J connectivity index is 1.86. The molecule has 0 aromatic heterocycles. The van der Waals surface area contributed by atoms with Crippen molar-refractivity contribution in [2.24, 2.45) is 0 Å². The molecule has 0 amide bonds. The molecule has 2 aliphatic rings. The molecule has 0 spiro atoms. The van der Waals surface area contributed by atoms with Gasteiger partial charge in [0.05, 0.1) is 12.7 Å². The number of aliphatic hydroxyl groups is 1. The molecule has 98 valence electrons. The first kappa shape index (κ1) is 12.0. The molecule has 1 aliphatic heterocycles. The molecule has 18 heavy (non-hydrogen) atoms. The summed E-state index contributed by atoms with van der Waals surface area (Å²) in [4.78, 5) is 0. The Labute approximate surface area is 108 Å². The van der Waals surface area contributed by atoms with Crippen molar-refractivity contribution >= 4 is 0 Å². The van der Waals surface area contributed by atoms with Crippen molar-refractivity contribution in [1.29, 1.82) is 0 Å². The minimum Gasteiger partial charge on any atom is -0.493 e. The summed E-state index contributed by atoms with van der Waals surface area (Å²) >= 11 is 0. The lowest BCUT2D eigenvalue weighted by atomic mass is 9.84. The van der Waals surface area contributed by atoms with Gasteiger partial charge in [-0.15, -0.1) is 0 Å². The average Bonchev–Trinajstić information content (AvgIpc) is 2.83. The van der Waals surface area contributed by atoms with E-state index in [0.717, 1.165) is 50.1 Å². The maximum Gasteiger partial charge on any atom is 0.123 e. The Kier molecular flexibility index (Phi) is 3.27. The van der Waals surface area contributed by atoms with E-state index in [2.05, 4.69) is 24.4 Å². The van der Waals surface area contributed by atoms with Crippen LogP contribution in [0.25, 0.3) is 0 Å². The quantitative estimate of drug-likeness (QED) is 0.858. The highest BCUT2D eigenvalue weighted by Crippen LogP contribution is 2.36. The van der Waals surface area contributed by atoms with Crippen molar-refractivity contribution < 1.29 is 9.84 Å². The van der Waals surface area contributed by atoms with E-state index < -0.39 is 6.10 Å². The largest absolute Gasteiger partial charge is 0.493 e. The number of benzene rings is 1. The molecule has 0 fully saturated rings. The van der Waals surface area contributed by atoms with Crippen LogP contribution in [-0.2, 0) is 12.8 Å². The molecular formula is C15H21NO2. The highest BCUT2D eigenvalue weighted by Gasteiger charge is 2.29. The van der Waals surface area contributed by atoms with Crippen LogP contribution < -0.4 is 10.1 Å². The van der Waals surface area contributed by atoms with Gasteiger partial charge in [0.2, 0.25) is 0 Å². The third-order valence-electron chi connectivity index (χ3n) is 4.03. The molecule has 3 heteroatoms. The van der Waals surface area contributed by atoms with E-state index in [0.29, 0.717) is 0 Å². The molecule has 0 saturated carbocycles. The summed E-state index contributed by atoms with van der Waals surface area (Å²) in [6.07, 6.45) is 3.80. The zero-order chi connectivity index (χ0) is 12.5. The van der Waals surface area contributed by atoms with Crippen LogP contribution in [0, 0.1) is 0 Å². The predicted octanol–water partition coefficient (Wildman–Crippen LogP) is 1.97. The van der Waals surface area contributed by atoms with Crippen molar-refractivity contribution in [1.82, 2.24) is 5.32 Å². The van der Waals surface area contributed by atoms with Gasteiger partial charge in [-0.2, -0.15) is 0 Å². The van der Waals surface area contributed by atoms with E-state index in [9.17, 15) is 5.11 Å². The molecule has 1 heterocycles. The van der Waals surface area contributed by atoms with E-state index >= 15 is 0 Å². The van der Waals surface area contributed by atoms with Crippen LogP contribution in [0.1, 0.15) is 42.6 Å². The molecule has 1 aromatic rings. The number of ether oxygens (including phenoxy) is 1. The molecule has 2 atom stereocenters. The third kappa shape index (κ3) is 2.02. The molecule has 0 saturated heterocycles. The van der Waals surface area contributed by atoms with Crippen LogP contribution in [0.5, 0.6) is 5.75 Å². The highest BCUT2D eigenvalue weighted by atomic mass is 16.5. The molecule has 0 bridgehead atoms. The van der Waals surface area contributed by atoms with Gasteiger partial charge in [0.15, 0.2) is 0 Å². The molecule has 3 rings (SSSR count). The fraction of sp³-hybridized carbons (Fsp3) is 0.600. The van der Waals surface area contributed by atoms with Crippen molar-refractivity contribution in [3.63, 3.8) is 0 Å². The number of hydrogen-bond acceptors (Lipinski definition) is 3. The summed E-state index contributed by atoms with van der Waals surface area (Å²) < 4.78 is 5.60. The second-order valence-corrected chi connectivity index (χ2v) is 5.30. The Hall–Kier alpha value is -1.06. The maximum atomic E-state index is 10.5. The molecular weight excluding hydrogens is 226 g/mol. The molecule has 2 N–H and O–H groups in total. The number of aryl methyl sites for hydroxylation is 1. The Bertz CT molecular complexity index is 444. The van der Waals surface area contributed by atoms with Gasteiger partial charge >= 0.3 is 0 Å². The molecule has 1 aliphatic carbocycles. The standard InChI is InChI=1S/C15H21NO2/c1-2-6-16-13-4-3-10-8-11-5-7-18-14(11)9-12(10)15(13)17/h8-9,13,15-17H,2-7H2,1H3/t13-,15-/m0/s1. The van der Waals surface area contributed by atoms with E-state index in [1.165, 1.54) is 11.1 Å². The van der Waals surface area contributed by atoms with Gasteiger partial charge in [-0.1, -0.05) is 13.0 Å². The van der Waals surface area contributed by atoms with Crippen LogP contribution in [0.15, 0.2) is 12.1 Å². The van der Waals surface area contributed by atoms with Crippen LogP contribution in [0.4, 0.5) is 0 Å². The van der Waals surface area contributed by atoms with E-state index in [4.69, 9.17) is 4.74 Å². The monoisotopic (exact) mass is 247 g/mol. The lowest BCUT2D eigenvalue weighted by Gasteiger charge is -2.31. The van der Waals surface area contributed by atoms with Crippen LogP contribution in [0.3, 0.4) is 0 Å². The SMILES string of the molecule is CCCN[C@H]1CCc2cc3c(cc2[C@@H]1O)OCC3. The number of rotatable bonds is 3. The molecule has 0 radical (unpaired) electrons. The highest BCUT2D eigenvalue weighted by molar-refractivity contribution is 5.47. The Morgan fingerprint density at radius 2 is 2.22 bits per heavy atom. The van der Waals surface area contributed by atoms with Gasteiger partial charge in [0, 0.05) is 12.5 Å². The molecule has 3 nitrogen and oxygen atoms in total.